The Labute approximate surface area is 149 Å². The monoisotopic (exact) mass is 362 g/mol. The quantitative estimate of drug-likeness (QED) is 0.801. The third-order valence-electron chi connectivity index (χ3n) is 3.30. The van der Waals surface area contributed by atoms with Crippen molar-refractivity contribution < 1.29 is 22.7 Å². The third-order valence-corrected chi connectivity index (χ3v) is 3.30. The average molecular weight is 362 g/mol. The molecule has 2 N–H and O–H groups in total. The number of halogens is 3. The molecule has 0 radical (unpaired) electrons. The highest BCUT2D eigenvalue weighted by Gasteiger charge is 2.30. The molecule has 0 saturated heterocycles. The number of carbonyl (C=O) groups is 1. The van der Waals surface area contributed by atoms with Crippen molar-refractivity contribution in [3.05, 3.63) is 59.7 Å². The predicted octanol–water partition coefficient (Wildman–Crippen LogP) is 4.22. The Balaban J connectivity index is 1.75. The van der Waals surface area contributed by atoms with Crippen LogP contribution in [0.3, 0.4) is 0 Å². The van der Waals surface area contributed by atoms with Gasteiger partial charge < -0.3 is 15.4 Å². The van der Waals surface area contributed by atoms with Gasteiger partial charge in [-0.15, -0.1) is 0 Å². The van der Waals surface area contributed by atoms with E-state index in [0.29, 0.717) is 0 Å². The van der Waals surface area contributed by atoms with Gasteiger partial charge in [0, 0.05) is 5.69 Å². The Morgan fingerprint density at radius 3 is 2.62 bits per heavy atom. The number of hydrogen-bond donors (Lipinski definition) is 2. The molecule has 0 aliphatic heterocycles. The number of ether oxygens (including phenoxy) is 1. The van der Waals surface area contributed by atoms with Gasteiger partial charge in [0.15, 0.2) is 0 Å². The van der Waals surface area contributed by atoms with Gasteiger partial charge in [-0.1, -0.05) is 36.1 Å². The molecule has 0 heterocycles. The van der Waals surface area contributed by atoms with Gasteiger partial charge in [0.25, 0.3) is 0 Å². The van der Waals surface area contributed by atoms with Crippen LogP contribution in [-0.2, 0) is 6.18 Å². The highest BCUT2D eigenvalue weighted by molar-refractivity contribution is 5.89. The maximum absolute atomic E-state index is 12.6. The number of alkyl halides is 3. The molecule has 4 nitrogen and oxygen atoms in total. The lowest BCUT2D eigenvalue weighted by Crippen LogP contribution is -2.29. The summed E-state index contributed by atoms with van der Waals surface area (Å²) in [7, 11) is 0. The van der Waals surface area contributed by atoms with E-state index in [-0.39, 0.29) is 18.8 Å². The number of carbonyl (C=O) groups excluding carboxylic acids is 1. The summed E-state index contributed by atoms with van der Waals surface area (Å²) in [5.74, 6) is 6.18. The van der Waals surface area contributed by atoms with Crippen LogP contribution in [-0.4, -0.2) is 19.2 Å². The van der Waals surface area contributed by atoms with Gasteiger partial charge in [0.05, 0.1) is 12.1 Å². The van der Waals surface area contributed by atoms with Crippen LogP contribution in [0.25, 0.3) is 0 Å². The summed E-state index contributed by atoms with van der Waals surface area (Å²) in [5, 5.41) is 4.77. The van der Waals surface area contributed by atoms with Crippen molar-refractivity contribution in [1.82, 2.24) is 5.32 Å². The number of amides is 2. The van der Waals surface area contributed by atoms with Crippen molar-refractivity contribution >= 4 is 11.7 Å². The molecule has 0 aliphatic rings. The molecule has 136 valence electrons. The lowest BCUT2D eigenvalue weighted by atomic mass is 10.2. The van der Waals surface area contributed by atoms with E-state index >= 15 is 0 Å². The van der Waals surface area contributed by atoms with Crippen LogP contribution >= 0.6 is 0 Å². The van der Waals surface area contributed by atoms with Gasteiger partial charge in [0.1, 0.15) is 12.4 Å². The van der Waals surface area contributed by atoms with Gasteiger partial charge in [-0.25, -0.2) is 4.79 Å². The minimum atomic E-state index is -4.46. The first-order valence-electron chi connectivity index (χ1n) is 7.72. The van der Waals surface area contributed by atoms with Crippen LogP contribution in [0.1, 0.15) is 11.1 Å². The SMILES string of the molecule is Cc1ccccc1OCC#CCNC(=O)Nc1cccc(C(F)(F)F)c1. The van der Waals surface area contributed by atoms with Gasteiger partial charge >= 0.3 is 12.2 Å². The van der Waals surface area contributed by atoms with Gasteiger partial charge in [0.2, 0.25) is 0 Å². The second-order valence-electron chi connectivity index (χ2n) is 5.29. The summed E-state index contributed by atoms with van der Waals surface area (Å²) < 4.78 is 43.3. The van der Waals surface area contributed by atoms with E-state index in [1.54, 1.807) is 0 Å². The van der Waals surface area contributed by atoms with E-state index in [1.807, 2.05) is 31.2 Å². The smallest absolute Gasteiger partial charge is 0.416 e. The van der Waals surface area contributed by atoms with E-state index in [2.05, 4.69) is 22.5 Å². The first kappa shape index (κ1) is 19.2. The molecule has 26 heavy (non-hydrogen) atoms. The molecule has 0 spiro atoms. The van der Waals surface area contributed by atoms with Crippen LogP contribution < -0.4 is 15.4 Å². The standard InChI is InChI=1S/C19H17F3N2O2/c1-14-7-2-3-10-17(14)26-12-5-4-11-23-18(25)24-16-9-6-8-15(13-16)19(20,21)22/h2-3,6-10,13H,11-12H2,1H3,(H2,23,24,25). The number of para-hydroxylation sites is 1. The molecule has 0 aliphatic carbocycles. The molecular weight excluding hydrogens is 345 g/mol. The normalized spacial score (nSPS) is 10.5. The van der Waals surface area contributed by atoms with Crippen LogP contribution in [0.4, 0.5) is 23.7 Å². The van der Waals surface area contributed by atoms with Crippen molar-refractivity contribution in [2.75, 3.05) is 18.5 Å². The van der Waals surface area contributed by atoms with Crippen LogP contribution in [0.5, 0.6) is 5.75 Å². The molecule has 0 fully saturated rings. The van der Waals surface area contributed by atoms with Crippen molar-refractivity contribution in [1.29, 1.82) is 0 Å². The first-order valence-corrected chi connectivity index (χ1v) is 7.72. The minimum absolute atomic E-state index is 0.0436. The number of nitrogens with one attached hydrogen (secondary N) is 2. The number of hydrogen-bond acceptors (Lipinski definition) is 2. The zero-order chi connectivity index (χ0) is 19.0. The van der Waals surface area contributed by atoms with E-state index in [1.165, 1.54) is 12.1 Å². The number of benzene rings is 2. The second kappa shape index (κ2) is 8.81. The van der Waals surface area contributed by atoms with Crippen LogP contribution in [0.15, 0.2) is 48.5 Å². The fourth-order valence-corrected chi connectivity index (χ4v) is 2.02. The van der Waals surface area contributed by atoms with Crippen molar-refractivity contribution in [3.8, 4) is 17.6 Å². The minimum Gasteiger partial charge on any atom is -0.481 e. The summed E-state index contributed by atoms with van der Waals surface area (Å²) in [6, 6.07) is 11.3. The van der Waals surface area contributed by atoms with Crippen LogP contribution in [0.2, 0.25) is 0 Å². The second-order valence-corrected chi connectivity index (χ2v) is 5.29. The number of aryl methyl sites for hydroxylation is 1. The number of rotatable bonds is 4. The maximum atomic E-state index is 12.6. The molecule has 7 heteroatoms. The lowest BCUT2D eigenvalue weighted by Gasteiger charge is -2.09. The fraction of sp³-hybridized carbons (Fsp3) is 0.211. The van der Waals surface area contributed by atoms with E-state index in [9.17, 15) is 18.0 Å². The number of anilines is 1. The number of urea groups is 1. The molecular formula is C19H17F3N2O2. The lowest BCUT2D eigenvalue weighted by molar-refractivity contribution is -0.137. The van der Waals surface area contributed by atoms with Crippen molar-refractivity contribution in [2.24, 2.45) is 0 Å². The summed E-state index contributed by atoms with van der Waals surface area (Å²) in [6.07, 6.45) is -4.46. The molecule has 2 aromatic carbocycles. The summed E-state index contributed by atoms with van der Waals surface area (Å²) >= 11 is 0. The molecule has 2 amide bonds. The maximum Gasteiger partial charge on any atom is 0.416 e. The summed E-state index contributed by atoms with van der Waals surface area (Å²) in [4.78, 5) is 11.7. The van der Waals surface area contributed by atoms with E-state index < -0.39 is 17.8 Å². The van der Waals surface area contributed by atoms with E-state index in [4.69, 9.17) is 4.74 Å². The molecule has 0 atom stereocenters. The van der Waals surface area contributed by atoms with Crippen LogP contribution in [0, 0.1) is 18.8 Å². The molecule has 0 aromatic heterocycles. The Morgan fingerprint density at radius 2 is 1.88 bits per heavy atom. The first-order chi connectivity index (χ1) is 12.4. The van der Waals surface area contributed by atoms with E-state index in [0.717, 1.165) is 23.4 Å². The van der Waals surface area contributed by atoms with Crippen molar-refractivity contribution in [2.45, 2.75) is 13.1 Å². The molecule has 2 aromatic rings. The van der Waals surface area contributed by atoms with Gasteiger partial charge in [-0.05, 0) is 36.8 Å². The van der Waals surface area contributed by atoms with Crippen molar-refractivity contribution in [3.63, 3.8) is 0 Å². The fourth-order valence-electron chi connectivity index (χ4n) is 2.02. The third kappa shape index (κ3) is 6.06. The largest absolute Gasteiger partial charge is 0.481 e. The molecule has 0 bridgehead atoms. The topological polar surface area (TPSA) is 50.4 Å². The zero-order valence-electron chi connectivity index (χ0n) is 14.0. The summed E-state index contributed by atoms with van der Waals surface area (Å²) in [6.45, 7) is 2.13. The average Bonchev–Trinajstić information content (AvgIpc) is 2.59. The Morgan fingerprint density at radius 1 is 1.12 bits per heavy atom. The van der Waals surface area contributed by atoms with Gasteiger partial charge in [-0.3, -0.25) is 0 Å². The Bertz CT molecular complexity index is 823. The highest BCUT2D eigenvalue weighted by Crippen LogP contribution is 2.30. The Kier molecular flexibility index (Phi) is 6.50. The Hall–Kier alpha value is -3.14. The predicted molar refractivity (Wildman–Crippen MR) is 92.9 cm³/mol. The highest BCUT2D eigenvalue weighted by atomic mass is 19.4. The van der Waals surface area contributed by atoms with Gasteiger partial charge in [-0.2, -0.15) is 13.2 Å². The zero-order valence-corrected chi connectivity index (χ0v) is 14.0. The molecule has 0 saturated carbocycles. The summed E-state index contributed by atoms with van der Waals surface area (Å²) in [5.41, 5.74) is 0.213. The molecule has 0 unspecified atom stereocenters. The molecule has 2 rings (SSSR count).